The van der Waals surface area contributed by atoms with Crippen LogP contribution in [0.25, 0.3) is 10.8 Å². The van der Waals surface area contributed by atoms with Gasteiger partial charge < -0.3 is 29.7 Å². The van der Waals surface area contributed by atoms with E-state index in [0.29, 0.717) is 46.6 Å². The van der Waals surface area contributed by atoms with E-state index in [9.17, 15) is 9.59 Å². The van der Waals surface area contributed by atoms with Crippen LogP contribution in [0.3, 0.4) is 0 Å². The van der Waals surface area contributed by atoms with Crippen molar-refractivity contribution in [3.05, 3.63) is 99.5 Å². The normalized spacial score (nSPS) is 17.6. The molecule has 10 heteroatoms. The number of piperidine rings is 1. The van der Waals surface area contributed by atoms with Crippen molar-refractivity contribution in [2.45, 2.75) is 44.8 Å². The first-order valence-corrected chi connectivity index (χ1v) is 16.8. The molecule has 2 atom stereocenters. The highest BCUT2D eigenvalue weighted by Crippen LogP contribution is 2.36. The number of hydrogen-bond acceptors (Lipinski definition) is 6. The topological polar surface area (TPSA) is 89.1 Å². The van der Waals surface area contributed by atoms with Gasteiger partial charge in [-0.3, -0.25) is 9.59 Å². The third-order valence-electron chi connectivity index (χ3n) is 8.75. The lowest BCUT2D eigenvalue weighted by atomic mass is 9.91. The Morgan fingerprint density at radius 1 is 0.915 bits per heavy atom. The first-order valence-electron chi connectivity index (χ1n) is 16.0. The Morgan fingerprint density at radius 2 is 1.64 bits per heavy atom. The molecule has 2 N–H and O–H groups in total. The Kier molecular flexibility index (Phi) is 10.4. The predicted molar refractivity (Wildman–Crippen MR) is 185 cm³/mol. The molecule has 6 rings (SSSR count). The van der Waals surface area contributed by atoms with Crippen LogP contribution in [0.5, 0.6) is 17.2 Å². The number of ether oxygens (including phenoxy) is 3. The maximum atomic E-state index is 14.1. The van der Waals surface area contributed by atoms with Gasteiger partial charge in [-0.1, -0.05) is 59.6 Å². The molecule has 1 saturated carbocycles. The number of rotatable bonds is 12. The van der Waals surface area contributed by atoms with Crippen molar-refractivity contribution in [2.75, 3.05) is 33.4 Å². The molecule has 1 saturated heterocycles. The molecule has 4 aromatic carbocycles. The largest absolute Gasteiger partial charge is 0.496 e. The quantitative estimate of drug-likeness (QED) is 0.160. The van der Waals surface area contributed by atoms with Gasteiger partial charge in [0.25, 0.3) is 5.91 Å². The van der Waals surface area contributed by atoms with Gasteiger partial charge in [-0.15, -0.1) is 0 Å². The highest BCUT2D eigenvalue weighted by Gasteiger charge is 2.40. The first kappa shape index (κ1) is 32.9. The first-order chi connectivity index (χ1) is 22.8. The van der Waals surface area contributed by atoms with Gasteiger partial charge in [0.05, 0.1) is 23.1 Å². The van der Waals surface area contributed by atoms with Gasteiger partial charge in [-0.2, -0.15) is 0 Å². The highest BCUT2D eigenvalue weighted by molar-refractivity contribution is 6.37. The van der Waals surface area contributed by atoms with Crippen molar-refractivity contribution in [3.63, 3.8) is 0 Å². The number of amides is 2. The van der Waals surface area contributed by atoms with Crippen molar-refractivity contribution < 1.29 is 23.8 Å². The molecule has 1 aliphatic heterocycles. The minimum absolute atomic E-state index is 0.0550. The zero-order valence-corrected chi connectivity index (χ0v) is 28.1. The third kappa shape index (κ3) is 7.78. The van der Waals surface area contributed by atoms with Crippen molar-refractivity contribution in [3.8, 4) is 17.2 Å². The van der Waals surface area contributed by atoms with Crippen molar-refractivity contribution in [1.29, 1.82) is 0 Å². The zero-order chi connectivity index (χ0) is 32.9. The van der Waals surface area contributed by atoms with Crippen LogP contribution in [0.4, 0.5) is 0 Å². The van der Waals surface area contributed by atoms with Crippen LogP contribution in [0.15, 0.2) is 72.8 Å². The molecule has 2 fully saturated rings. The Bertz CT molecular complexity index is 1720. The SMILES string of the molecule is COc1c(CN(C(=O)C2CNCCC2NC(=O)c2ccc(OCCOc3c(Cl)cc(C)cc3Cl)cc2)C2CC2)ccc2ccccc12. The number of carbonyl (C=O) groups excluding carboxylic acids is 2. The second kappa shape index (κ2) is 14.8. The number of halogens is 2. The van der Waals surface area contributed by atoms with Gasteiger partial charge >= 0.3 is 0 Å². The average Bonchev–Trinajstić information content (AvgIpc) is 3.92. The van der Waals surface area contributed by atoms with Crippen LogP contribution in [0, 0.1) is 12.8 Å². The molecule has 2 unspecified atom stereocenters. The lowest BCUT2D eigenvalue weighted by Gasteiger charge is -2.36. The van der Waals surface area contributed by atoms with Gasteiger partial charge in [0, 0.05) is 41.7 Å². The number of hydrogen-bond donors (Lipinski definition) is 2. The van der Waals surface area contributed by atoms with E-state index in [0.717, 1.165) is 47.0 Å². The zero-order valence-electron chi connectivity index (χ0n) is 26.6. The fourth-order valence-electron chi connectivity index (χ4n) is 6.20. The number of nitrogens with zero attached hydrogens (tertiary/aromatic N) is 1. The molecule has 4 aromatic rings. The number of methoxy groups -OCH3 is 1. The average molecular weight is 677 g/mol. The molecule has 246 valence electrons. The summed E-state index contributed by atoms with van der Waals surface area (Å²) in [5, 5.41) is 9.56. The van der Waals surface area contributed by atoms with Crippen LogP contribution in [-0.4, -0.2) is 62.2 Å². The summed E-state index contributed by atoms with van der Waals surface area (Å²) in [4.78, 5) is 29.5. The molecule has 1 heterocycles. The van der Waals surface area contributed by atoms with E-state index in [4.69, 9.17) is 37.4 Å². The Morgan fingerprint density at radius 3 is 2.36 bits per heavy atom. The molecule has 1 aliphatic carbocycles. The van der Waals surface area contributed by atoms with Crippen molar-refractivity contribution in [2.24, 2.45) is 5.92 Å². The summed E-state index contributed by atoms with van der Waals surface area (Å²) in [6, 6.07) is 22.7. The maximum Gasteiger partial charge on any atom is 0.251 e. The molecular formula is C37H39Cl2N3O5. The molecule has 2 aliphatic rings. The number of carbonyl (C=O) groups is 2. The maximum absolute atomic E-state index is 14.1. The van der Waals surface area contributed by atoms with Crippen molar-refractivity contribution >= 4 is 45.8 Å². The molecule has 8 nitrogen and oxygen atoms in total. The fourth-order valence-corrected chi connectivity index (χ4v) is 6.90. The van der Waals surface area contributed by atoms with Gasteiger partial charge in [-0.25, -0.2) is 0 Å². The minimum Gasteiger partial charge on any atom is -0.496 e. The monoisotopic (exact) mass is 675 g/mol. The lowest BCUT2D eigenvalue weighted by Crippen LogP contribution is -2.55. The summed E-state index contributed by atoms with van der Waals surface area (Å²) in [6.45, 7) is 4.13. The summed E-state index contributed by atoms with van der Waals surface area (Å²) in [7, 11) is 1.68. The number of benzene rings is 4. The Hall–Kier alpha value is -3.98. The van der Waals surface area contributed by atoms with E-state index in [-0.39, 0.29) is 43.0 Å². The molecule has 0 radical (unpaired) electrons. The number of fused-ring (bicyclic) bond motifs is 1. The summed E-state index contributed by atoms with van der Waals surface area (Å²) in [5.41, 5.74) is 2.43. The highest BCUT2D eigenvalue weighted by atomic mass is 35.5. The van der Waals surface area contributed by atoms with E-state index < -0.39 is 0 Å². The van der Waals surface area contributed by atoms with E-state index in [2.05, 4.69) is 28.8 Å². The standard InChI is InChI=1S/C37H39Cl2N3O5/c1-23-19-31(38)35(32(39)20-23)47-18-17-46-28-13-9-25(10-14-28)36(43)41-33-15-16-40-21-30(33)37(44)42(27-11-12-27)22-26-8-7-24-5-3-4-6-29(24)34(26)45-2/h3-10,13-14,19-20,27,30,33,40H,11-12,15-18,21-22H2,1-2H3,(H,41,43). The fraction of sp³-hybridized carbons (Fsp3) is 0.351. The summed E-state index contributed by atoms with van der Waals surface area (Å²) in [6.07, 6.45) is 2.62. The summed E-state index contributed by atoms with van der Waals surface area (Å²) >= 11 is 12.5. The molecular weight excluding hydrogens is 637 g/mol. The van der Waals surface area contributed by atoms with Crippen LogP contribution in [0.1, 0.15) is 40.7 Å². The molecule has 47 heavy (non-hydrogen) atoms. The van der Waals surface area contributed by atoms with E-state index in [1.165, 1.54) is 0 Å². The van der Waals surface area contributed by atoms with Gasteiger partial charge in [0.1, 0.15) is 24.7 Å². The van der Waals surface area contributed by atoms with Crippen LogP contribution < -0.4 is 24.8 Å². The minimum atomic E-state index is -0.377. The summed E-state index contributed by atoms with van der Waals surface area (Å²) < 4.78 is 17.4. The molecule has 0 bridgehead atoms. The van der Waals surface area contributed by atoms with Gasteiger partial charge in [-0.05, 0) is 80.1 Å². The van der Waals surface area contributed by atoms with Crippen LogP contribution in [-0.2, 0) is 11.3 Å². The van der Waals surface area contributed by atoms with E-state index >= 15 is 0 Å². The summed E-state index contributed by atoms with van der Waals surface area (Å²) in [5.74, 6) is 1.29. The number of aryl methyl sites for hydroxylation is 1. The Balaban J connectivity index is 1.07. The smallest absolute Gasteiger partial charge is 0.251 e. The molecule has 0 spiro atoms. The second-order valence-corrected chi connectivity index (χ2v) is 12.9. The van der Waals surface area contributed by atoms with Crippen LogP contribution >= 0.6 is 23.2 Å². The molecule has 0 aromatic heterocycles. The van der Waals surface area contributed by atoms with Gasteiger partial charge in [0.2, 0.25) is 5.91 Å². The van der Waals surface area contributed by atoms with Gasteiger partial charge in [0.15, 0.2) is 5.75 Å². The third-order valence-corrected chi connectivity index (χ3v) is 9.31. The van der Waals surface area contributed by atoms with Crippen LogP contribution in [0.2, 0.25) is 10.0 Å². The second-order valence-electron chi connectivity index (χ2n) is 12.1. The Labute approximate surface area is 285 Å². The number of nitrogens with one attached hydrogen (secondary N) is 2. The lowest BCUT2D eigenvalue weighted by molar-refractivity contribution is -0.138. The van der Waals surface area contributed by atoms with E-state index in [1.807, 2.05) is 30.0 Å². The van der Waals surface area contributed by atoms with Crippen molar-refractivity contribution in [1.82, 2.24) is 15.5 Å². The van der Waals surface area contributed by atoms with E-state index in [1.54, 1.807) is 43.5 Å². The predicted octanol–water partition coefficient (Wildman–Crippen LogP) is 6.82. The molecule has 2 amide bonds.